The molecule has 3 aromatic rings. The van der Waals surface area contributed by atoms with Crippen LogP contribution in [-0.4, -0.2) is 27.4 Å². The molecule has 1 aromatic carbocycles. The van der Waals surface area contributed by atoms with Crippen molar-refractivity contribution in [1.29, 1.82) is 0 Å². The lowest BCUT2D eigenvalue weighted by Crippen LogP contribution is -2.25. The van der Waals surface area contributed by atoms with Crippen molar-refractivity contribution in [3.63, 3.8) is 0 Å². The predicted molar refractivity (Wildman–Crippen MR) is 79.8 cm³/mol. The number of carbonyl (C=O) groups is 1. The summed E-state index contributed by atoms with van der Waals surface area (Å²) in [7, 11) is 0. The number of pyridine rings is 1. The van der Waals surface area contributed by atoms with Crippen LogP contribution in [0.2, 0.25) is 0 Å². The zero-order valence-electron chi connectivity index (χ0n) is 11.4. The van der Waals surface area contributed by atoms with E-state index < -0.39 is 0 Å². The van der Waals surface area contributed by atoms with Gasteiger partial charge in [-0.25, -0.2) is 0 Å². The molecule has 3 rings (SSSR count). The Kier molecular flexibility index (Phi) is 3.82. The molecule has 21 heavy (non-hydrogen) atoms. The largest absolute Gasteiger partial charge is 0.352 e. The van der Waals surface area contributed by atoms with Gasteiger partial charge in [0.25, 0.3) is 5.91 Å². The smallest absolute Gasteiger partial charge is 0.251 e. The summed E-state index contributed by atoms with van der Waals surface area (Å²) >= 11 is 0. The van der Waals surface area contributed by atoms with Crippen molar-refractivity contribution in [1.82, 2.24) is 20.3 Å². The van der Waals surface area contributed by atoms with E-state index in [0.717, 1.165) is 16.7 Å². The molecule has 0 unspecified atom stereocenters. The van der Waals surface area contributed by atoms with Gasteiger partial charge in [0.15, 0.2) is 0 Å². The minimum atomic E-state index is -0.113. The first-order valence-corrected chi connectivity index (χ1v) is 6.72. The second-order valence-corrected chi connectivity index (χ2v) is 4.59. The van der Waals surface area contributed by atoms with Gasteiger partial charge < -0.3 is 5.32 Å². The first-order chi connectivity index (χ1) is 10.3. The van der Waals surface area contributed by atoms with Crippen LogP contribution in [0.5, 0.6) is 0 Å². The second kappa shape index (κ2) is 6.09. The van der Waals surface area contributed by atoms with E-state index in [-0.39, 0.29) is 5.91 Å². The molecule has 0 spiro atoms. The minimum Gasteiger partial charge on any atom is -0.352 e. The molecule has 1 amide bonds. The fourth-order valence-corrected chi connectivity index (χ4v) is 2.06. The van der Waals surface area contributed by atoms with Crippen LogP contribution >= 0.6 is 0 Å². The van der Waals surface area contributed by atoms with Gasteiger partial charge in [-0.3, -0.25) is 19.7 Å². The average molecular weight is 278 g/mol. The van der Waals surface area contributed by atoms with Crippen LogP contribution < -0.4 is 5.32 Å². The lowest BCUT2D eigenvalue weighted by Gasteiger charge is -2.05. The van der Waals surface area contributed by atoms with Crippen molar-refractivity contribution in [3.8, 4) is 0 Å². The summed E-state index contributed by atoms with van der Waals surface area (Å²) in [5.74, 6) is -0.113. The summed E-state index contributed by atoms with van der Waals surface area (Å²) < 4.78 is 0. The van der Waals surface area contributed by atoms with Crippen LogP contribution in [0.3, 0.4) is 0 Å². The molecule has 0 aliphatic heterocycles. The standard InChI is InChI=1S/C16H14N4O/c21-16(20-8-6-13-3-1-2-7-17-13)12-4-5-14-15(11-12)19-10-9-18-14/h1-5,7,9-11H,6,8H2,(H,20,21). The second-order valence-electron chi connectivity index (χ2n) is 4.59. The zero-order chi connectivity index (χ0) is 14.5. The molecule has 0 bridgehead atoms. The molecule has 0 fully saturated rings. The number of nitrogens with one attached hydrogen (secondary N) is 1. The Balaban J connectivity index is 1.64. The normalized spacial score (nSPS) is 10.5. The fourth-order valence-electron chi connectivity index (χ4n) is 2.06. The van der Waals surface area contributed by atoms with E-state index in [2.05, 4.69) is 20.3 Å². The van der Waals surface area contributed by atoms with Gasteiger partial charge in [-0.05, 0) is 30.3 Å². The Morgan fingerprint density at radius 3 is 2.62 bits per heavy atom. The Labute approximate surface area is 122 Å². The summed E-state index contributed by atoms with van der Waals surface area (Å²) in [5, 5.41) is 2.89. The topological polar surface area (TPSA) is 67.8 Å². The van der Waals surface area contributed by atoms with Crippen LogP contribution in [0.4, 0.5) is 0 Å². The number of fused-ring (bicyclic) bond motifs is 1. The number of aromatic nitrogens is 3. The van der Waals surface area contributed by atoms with Gasteiger partial charge in [0.1, 0.15) is 0 Å². The van der Waals surface area contributed by atoms with E-state index in [1.54, 1.807) is 36.8 Å². The third-order valence-electron chi connectivity index (χ3n) is 3.12. The molecule has 5 nitrogen and oxygen atoms in total. The quantitative estimate of drug-likeness (QED) is 0.792. The van der Waals surface area contributed by atoms with E-state index in [1.807, 2.05) is 18.2 Å². The van der Waals surface area contributed by atoms with Crippen LogP contribution in [0, 0.1) is 0 Å². The van der Waals surface area contributed by atoms with Gasteiger partial charge in [0, 0.05) is 42.8 Å². The average Bonchev–Trinajstić information content (AvgIpc) is 2.55. The lowest BCUT2D eigenvalue weighted by molar-refractivity contribution is 0.0954. The molecule has 0 aliphatic rings. The number of rotatable bonds is 4. The first-order valence-electron chi connectivity index (χ1n) is 6.72. The number of hydrogen-bond donors (Lipinski definition) is 1. The number of hydrogen-bond acceptors (Lipinski definition) is 4. The fraction of sp³-hybridized carbons (Fsp3) is 0.125. The van der Waals surface area contributed by atoms with E-state index in [0.29, 0.717) is 18.5 Å². The van der Waals surface area contributed by atoms with Gasteiger partial charge in [-0.2, -0.15) is 0 Å². The van der Waals surface area contributed by atoms with Crippen LogP contribution in [0.25, 0.3) is 11.0 Å². The highest BCUT2D eigenvalue weighted by atomic mass is 16.1. The molecule has 0 saturated heterocycles. The molecule has 0 radical (unpaired) electrons. The molecule has 0 atom stereocenters. The van der Waals surface area contributed by atoms with Crippen molar-refractivity contribution in [2.75, 3.05) is 6.54 Å². The monoisotopic (exact) mass is 278 g/mol. The van der Waals surface area contributed by atoms with Crippen molar-refractivity contribution < 1.29 is 4.79 Å². The Morgan fingerprint density at radius 2 is 1.81 bits per heavy atom. The van der Waals surface area contributed by atoms with Crippen molar-refractivity contribution in [3.05, 3.63) is 66.2 Å². The van der Waals surface area contributed by atoms with Crippen LogP contribution in [0.1, 0.15) is 16.1 Å². The van der Waals surface area contributed by atoms with Crippen molar-refractivity contribution in [2.24, 2.45) is 0 Å². The number of amides is 1. The highest BCUT2D eigenvalue weighted by molar-refractivity contribution is 5.97. The van der Waals surface area contributed by atoms with E-state index in [9.17, 15) is 4.79 Å². The van der Waals surface area contributed by atoms with Gasteiger partial charge in [0.2, 0.25) is 0 Å². The number of nitrogens with zero attached hydrogens (tertiary/aromatic N) is 3. The van der Waals surface area contributed by atoms with Crippen LogP contribution in [-0.2, 0) is 6.42 Å². The molecule has 2 heterocycles. The zero-order valence-corrected chi connectivity index (χ0v) is 11.4. The SMILES string of the molecule is O=C(NCCc1ccccn1)c1ccc2nccnc2c1. The molecule has 2 aromatic heterocycles. The van der Waals surface area contributed by atoms with Gasteiger partial charge in [0.05, 0.1) is 11.0 Å². The maximum absolute atomic E-state index is 12.1. The third kappa shape index (κ3) is 3.20. The van der Waals surface area contributed by atoms with Gasteiger partial charge in [-0.15, -0.1) is 0 Å². The minimum absolute atomic E-state index is 0.113. The van der Waals surface area contributed by atoms with Gasteiger partial charge in [-0.1, -0.05) is 6.07 Å². The van der Waals surface area contributed by atoms with Crippen molar-refractivity contribution >= 4 is 16.9 Å². The molecule has 1 N–H and O–H groups in total. The Hall–Kier alpha value is -2.82. The highest BCUT2D eigenvalue weighted by Crippen LogP contribution is 2.10. The number of carbonyl (C=O) groups excluding carboxylic acids is 1. The summed E-state index contributed by atoms with van der Waals surface area (Å²) in [6, 6.07) is 11.1. The van der Waals surface area contributed by atoms with E-state index in [1.165, 1.54) is 0 Å². The molecular formula is C16H14N4O. The maximum atomic E-state index is 12.1. The van der Waals surface area contributed by atoms with Gasteiger partial charge >= 0.3 is 0 Å². The summed E-state index contributed by atoms with van der Waals surface area (Å²) in [6.45, 7) is 0.550. The highest BCUT2D eigenvalue weighted by Gasteiger charge is 2.06. The van der Waals surface area contributed by atoms with E-state index >= 15 is 0 Å². The maximum Gasteiger partial charge on any atom is 0.251 e. The summed E-state index contributed by atoms with van der Waals surface area (Å²) in [6.07, 6.45) is 5.71. The lowest BCUT2D eigenvalue weighted by atomic mass is 10.1. The number of benzene rings is 1. The third-order valence-corrected chi connectivity index (χ3v) is 3.12. The molecular weight excluding hydrogens is 264 g/mol. The Morgan fingerprint density at radius 1 is 0.952 bits per heavy atom. The first kappa shape index (κ1) is 13.2. The summed E-state index contributed by atoms with van der Waals surface area (Å²) in [5.41, 5.74) is 3.05. The molecule has 0 aliphatic carbocycles. The van der Waals surface area contributed by atoms with Crippen molar-refractivity contribution in [2.45, 2.75) is 6.42 Å². The van der Waals surface area contributed by atoms with E-state index in [4.69, 9.17) is 0 Å². The Bertz CT molecular complexity index is 758. The molecule has 5 heteroatoms. The predicted octanol–water partition coefficient (Wildman–Crippen LogP) is 2.00. The molecule has 0 saturated carbocycles. The summed E-state index contributed by atoms with van der Waals surface area (Å²) in [4.78, 5) is 24.7. The molecule has 104 valence electrons. The van der Waals surface area contributed by atoms with Crippen LogP contribution in [0.15, 0.2) is 55.0 Å².